The zero-order valence-corrected chi connectivity index (χ0v) is 10.3. The van der Waals surface area contributed by atoms with Crippen LogP contribution in [0.4, 0.5) is 4.39 Å². The SMILES string of the molecule is O=c1oc(-c2cccc(F)c2)nc2cccc(Cl)c12. The average Bonchev–Trinajstić information content (AvgIpc) is 2.38. The molecule has 3 rings (SSSR count). The summed E-state index contributed by atoms with van der Waals surface area (Å²) < 4.78 is 18.3. The third-order valence-electron chi connectivity index (χ3n) is 2.68. The topological polar surface area (TPSA) is 43.1 Å². The summed E-state index contributed by atoms with van der Waals surface area (Å²) in [6.45, 7) is 0. The minimum atomic E-state index is -0.588. The summed E-state index contributed by atoms with van der Waals surface area (Å²) in [5, 5.41) is 0.508. The molecule has 0 amide bonds. The number of hydrogen-bond donors (Lipinski definition) is 0. The zero-order valence-electron chi connectivity index (χ0n) is 9.56. The number of nitrogens with zero attached hydrogens (tertiary/aromatic N) is 1. The number of benzene rings is 2. The van der Waals surface area contributed by atoms with Crippen LogP contribution < -0.4 is 5.63 Å². The van der Waals surface area contributed by atoms with Gasteiger partial charge in [-0.2, -0.15) is 0 Å². The Balaban J connectivity index is 2.30. The van der Waals surface area contributed by atoms with Crippen LogP contribution in [0, 0.1) is 5.82 Å². The van der Waals surface area contributed by atoms with Gasteiger partial charge in [0.2, 0.25) is 5.89 Å². The van der Waals surface area contributed by atoms with Gasteiger partial charge < -0.3 is 4.42 Å². The third-order valence-corrected chi connectivity index (χ3v) is 2.99. The molecule has 0 atom stereocenters. The summed E-state index contributed by atoms with van der Waals surface area (Å²) in [6.07, 6.45) is 0. The van der Waals surface area contributed by atoms with Crippen molar-refractivity contribution >= 4 is 22.5 Å². The van der Waals surface area contributed by atoms with E-state index in [0.29, 0.717) is 11.1 Å². The van der Waals surface area contributed by atoms with Crippen molar-refractivity contribution in [1.82, 2.24) is 4.98 Å². The summed E-state index contributed by atoms with van der Waals surface area (Å²) in [5.41, 5.74) is 0.233. The first-order valence-electron chi connectivity index (χ1n) is 5.50. The fourth-order valence-electron chi connectivity index (χ4n) is 1.82. The van der Waals surface area contributed by atoms with Gasteiger partial charge in [-0.15, -0.1) is 0 Å². The van der Waals surface area contributed by atoms with Gasteiger partial charge in [0.1, 0.15) is 11.2 Å². The Morgan fingerprint density at radius 1 is 1.16 bits per heavy atom. The first-order chi connectivity index (χ1) is 9.15. The maximum atomic E-state index is 13.2. The Bertz CT molecular complexity index is 829. The Labute approximate surface area is 112 Å². The van der Waals surface area contributed by atoms with E-state index >= 15 is 0 Å². The van der Waals surface area contributed by atoms with E-state index in [0.717, 1.165) is 0 Å². The molecular weight excluding hydrogens is 269 g/mol. The van der Waals surface area contributed by atoms with Gasteiger partial charge in [-0.05, 0) is 30.3 Å². The maximum absolute atomic E-state index is 13.2. The highest BCUT2D eigenvalue weighted by molar-refractivity contribution is 6.35. The number of rotatable bonds is 1. The second kappa shape index (κ2) is 4.48. The largest absolute Gasteiger partial charge is 0.403 e. The molecule has 5 heteroatoms. The molecule has 0 saturated heterocycles. The molecule has 0 radical (unpaired) electrons. The molecule has 0 aliphatic rings. The van der Waals surface area contributed by atoms with E-state index in [9.17, 15) is 9.18 Å². The van der Waals surface area contributed by atoms with E-state index in [1.807, 2.05) is 0 Å². The van der Waals surface area contributed by atoms with Crippen molar-refractivity contribution in [3.8, 4) is 11.5 Å². The Morgan fingerprint density at radius 2 is 1.95 bits per heavy atom. The number of hydrogen-bond acceptors (Lipinski definition) is 3. The van der Waals surface area contributed by atoms with Gasteiger partial charge >= 0.3 is 5.63 Å². The maximum Gasteiger partial charge on any atom is 0.348 e. The highest BCUT2D eigenvalue weighted by atomic mass is 35.5. The van der Waals surface area contributed by atoms with E-state index in [4.69, 9.17) is 16.0 Å². The number of aromatic nitrogens is 1. The van der Waals surface area contributed by atoms with Gasteiger partial charge in [-0.1, -0.05) is 23.7 Å². The third kappa shape index (κ3) is 2.11. The normalized spacial score (nSPS) is 10.8. The first-order valence-corrected chi connectivity index (χ1v) is 5.88. The smallest absolute Gasteiger partial charge is 0.348 e. The van der Waals surface area contributed by atoms with Crippen LogP contribution in [0.2, 0.25) is 5.02 Å². The molecule has 0 bridgehead atoms. The van der Waals surface area contributed by atoms with Gasteiger partial charge in [0.05, 0.1) is 10.5 Å². The molecule has 1 aromatic heterocycles. The second-order valence-electron chi connectivity index (χ2n) is 3.95. The van der Waals surface area contributed by atoms with E-state index in [1.54, 1.807) is 24.3 Å². The lowest BCUT2D eigenvalue weighted by Crippen LogP contribution is -2.03. The van der Waals surface area contributed by atoms with Gasteiger partial charge in [0.15, 0.2) is 0 Å². The van der Waals surface area contributed by atoms with Crippen LogP contribution in [0.1, 0.15) is 0 Å². The fourth-order valence-corrected chi connectivity index (χ4v) is 2.07. The van der Waals surface area contributed by atoms with Crippen molar-refractivity contribution < 1.29 is 8.81 Å². The van der Waals surface area contributed by atoms with Gasteiger partial charge in [-0.3, -0.25) is 0 Å². The van der Waals surface area contributed by atoms with Crippen LogP contribution in [-0.4, -0.2) is 4.98 Å². The quantitative estimate of drug-likeness (QED) is 0.681. The Morgan fingerprint density at radius 3 is 2.74 bits per heavy atom. The van der Waals surface area contributed by atoms with Crippen molar-refractivity contribution in [3.05, 3.63) is 63.7 Å². The van der Waals surface area contributed by atoms with Crippen LogP contribution in [0.5, 0.6) is 0 Å². The molecule has 2 aromatic carbocycles. The van der Waals surface area contributed by atoms with Crippen molar-refractivity contribution in [2.75, 3.05) is 0 Å². The predicted octanol–water partition coefficient (Wildman–Crippen LogP) is 3.65. The fraction of sp³-hybridized carbons (Fsp3) is 0. The van der Waals surface area contributed by atoms with Gasteiger partial charge in [0, 0.05) is 5.56 Å². The molecule has 94 valence electrons. The standard InChI is InChI=1S/C14H7ClFNO2/c15-10-5-2-6-11-12(10)14(18)19-13(17-11)8-3-1-4-9(16)7-8/h1-7H. The molecular formula is C14H7ClFNO2. The summed E-state index contributed by atoms with van der Waals surface area (Å²) >= 11 is 5.93. The van der Waals surface area contributed by atoms with Crippen LogP contribution in [0.15, 0.2) is 51.7 Å². The molecule has 3 aromatic rings. The molecule has 0 aliphatic carbocycles. The molecule has 0 spiro atoms. The minimum absolute atomic E-state index is 0.0688. The Kier molecular flexibility index (Phi) is 2.80. The van der Waals surface area contributed by atoms with E-state index in [1.165, 1.54) is 18.2 Å². The highest BCUT2D eigenvalue weighted by Crippen LogP contribution is 2.22. The minimum Gasteiger partial charge on any atom is -0.403 e. The molecule has 0 N–H and O–H groups in total. The van der Waals surface area contributed by atoms with Crippen LogP contribution in [-0.2, 0) is 0 Å². The molecule has 0 saturated carbocycles. The lowest BCUT2D eigenvalue weighted by molar-refractivity contribution is 0.517. The van der Waals surface area contributed by atoms with Crippen molar-refractivity contribution in [1.29, 1.82) is 0 Å². The average molecular weight is 276 g/mol. The lowest BCUT2D eigenvalue weighted by Gasteiger charge is -2.02. The summed E-state index contributed by atoms with van der Waals surface area (Å²) in [7, 11) is 0. The van der Waals surface area contributed by atoms with Gasteiger partial charge in [-0.25, -0.2) is 14.2 Å². The monoisotopic (exact) mass is 275 g/mol. The number of halogens is 2. The molecule has 19 heavy (non-hydrogen) atoms. The summed E-state index contributed by atoms with van der Waals surface area (Å²) in [5.74, 6) is -0.354. The van der Waals surface area contributed by atoms with Crippen molar-refractivity contribution in [2.45, 2.75) is 0 Å². The molecule has 0 fully saturated rings. The first kappa shape index (κ1) is 11.9. The number of fused-ring (bicyclic) bond motifs is 1. The van der Waals surface area contributed by atoms with E-state index < -0.39 is 11.4 Å². The molecule has 0 aliphatic heterocycles. The van der Waals surface area contributed by atoms with Gasteiger partial charge in [0.25, 0.3) is 0 Å². The second-order valence-corrected chi connectivity index (χ2v) is 4.36. The van der Waals surface area contributed by atoms with E-state index in [-0.39, 0.29) is 16.3 Å². The summed E-state index contributed by atoms with van der Waals surface area (Å²) in [4.78, 5) is 16.1. The summed E-state index contributed by atoms with van der Waals surface area (Å²) in [6, 6.07) is 10.6. The van der Waals surface area contributed by atoms with Crippen molar-refractivity contribution in [3.63, 3.8) is 0 Å². The zero-order chi connectivity index (χ0) is 13.4. The molecule has 0 unspecified atom stereocenters. The molecule has 1 heterocycles. The molecule has 3 nitrogen and oxygen atoms in total. The van der Waals surface area contributed by atoms with E-state index in [2.05, 4.69) is 4.98 Å². The van der Waals surface area contributed by atoms with Crippen molar-refractivity contribution in [2.24, 2.45) is 0 Å². The Hall–Kier alpha value is -2.20. The van der Waals surface area contributed by atoms with Crippen LogP contribution in [0.25, 0.3) is 22.4 Å². The predicted molar refractivity (Wildman–Crippen MR) is 70.7 cm³/mol. The van der Waals surface area contributed by atoms with Crippen LogP contribution >= 0.6 is 11.6 Å². The van der Waals surface area contributed by atoms with Crippen LogP contribution in [0.3, 0.4) is 0 Å². The lowest BCUT2D eigenvalue weighted by atomic mass is 10.2. The highest BCUT2D eigenvalue weighted by Gasteiger charge is 2.11.